The van der Waals surface area contributed by atoms with E-state index in [0.29, 0.717) is 21.9 Å². The Bertz CT molecular complexity index is 962. The topological polar surface area (TPSA) is 71.0 Å². The van der Waals surface area contributed by atoms with Gasteiger partial charge in [0, 0.05) is 11.4 Å². The number of esters is 1. The Balaban J connectivity index is 2.18. The van der Waals surface area contributed by atoms with Crippen LogP contribution in [0.15, 0.2) is 53.7 Å². The zero-order chi connectivity index (χ0) is 20.4. The van der Waals surface area contributed by atoms with Gasteiger partial charge in [-0.1, -0.05) is 29.8 Å². The highest BCUT2D eigenvalue weighted by atomic mass is 35.5. The summed E-state index contributed by atoms with van der Waals surface area (Å²) in [5, 5.41) is 13.7. The van der Waals surface area contributed by atoms with Gasteiger partial charge in [-0.25, -0.2) is 4.79 Å². The third-order valence-electron chi connectivity index (χ3n) is 4.51. The van der Waals surface area contributed by atoms with Gasteiger partial charge in [-0.2, -0.15) is 0 Å². The molecule has 0 bridgehead atoms. The molecule has 0 spiro atoms. The number of nitrogens with zero attached hydrogens (tertiary/aromatic N) is 1. The third-order valence-corrected chi connectivity index (χ3v) is 5.10. The zero-order valence-electron chi connectivity index (χ0n) is 15.5. The maximum atomic E-state index is 12.6. The number of carbonyl (C=O) groups excluding carboxylic acids is 1. The van der Waals surface area contributed by atoms with Crippen molar-refractivity contribution in [2.75, 3.05) is 19.1 Å². The Hall–Kier alpha value is -2.77. The fourth-order valence-electron chi connectivity index (χ4n) is 3.17. The largest absolute Gasteiger partial charge is 0.503 e. The maximum absolute atomic E-state index is 12.6. The van der Waals surface area contributed by atoms with Gasteiger partial charge in [0.2, 0.25) is 0 Å². The Morgan fingerprint density at radius 1 is 1.25 bits per heavy atom. The minimum atomic E-state index is -0.619. The standard InChI is InChI=1S/C20H19ClN2O4S/c1-11-16(19(25)27-3)17(12-9-14(21)18(24)15(10-12)26-2)22-20(28)23(11)13-7-5-4-6-8-13/h4-10,17,24H,1-3H3,(H,22,28)/t17-/m1/s1. The van der Waals surface area contributed by atoms with E-state index in [1.54, 1.807) is 24.0 Å². The summed E-state index contributed by atoms with van der Waals surface area (Å²) in [4.78, 5) is 14.4. The van der Waals surface area contributed by atoms with Crippen LogP contribution in [0.1, 0.15) is 18.5 Å². The zero-order valence-corrected chi connectivity index (χ0v) is 17.1. The fraction of sp³-hybridized carbons (Fsp3) is 0.200. The molecule has 0 aliphatic carbocycles. The summed E-state index contributed by atoms with van der Waals surface area (Å²) in [6, 6.07) is 12.0. The summed E-state index contributed by atoms with van der Waals surface area (Å²) in [7, 11) is 2.75. The molecule has 3 rings (SSSR count). The van der Waals surface area contributed by atoms with Gasteiger partial charge in [0.15, 0.2) is 16.6 Å². The highest BCUT2D eigenvalue weighted by Gasteiger charge is 2.35. The van der Waals surface area contributed by atoms with Crippen LogP contribution in [0.3, 0.4) is 0 Å². The van der Waals surface area contributed by atoms with Crippen molar-refractivity contribution in [2.24, 2.45) is 0 Å². The summed E-state index contributed by atoms with van der Waals surface area (Å²) < 4.78 is 10.2. The molecule has 0 unspecified atom stereocenters. The van der Waals surface area contributed by atoms with Crippen LogP contribution in [0.2, 0.25) is 5.02 Å². The molecule has 0 aromatic heterocycles. The van der Waals surface area contributed by atoms with Crippen LogP contribution < -0.4 is 15.0 Å². The number of thiocarbonyl (C=S) groups is 1. The first-order valence-electron chi connectivity index (χ1n) is 8.40. The number of allylic oxidation sites excluding steroid dienone is 1. The number of anilines is 1. The summed E-state index contributed by atoms with van der Waals surface area (Å²) in [5.41, 5.74) is 2.44. The SMILES string of the molecule is COC(=O)C1=C(C)N(c2ccccc2)C(=S)N[C@@H]1c1cc(Cl)c(O)c(OC)c1. The van der Waals surface area contributed by atoms with Crippen LogP contribution >= 0.6 is 23.8 Å². The number of para-hydroxylation sites is 1. The summed E-state index contributed by atoms with van der Waals surface area (Å²) in [6.45, 7) is 1.80. The molecule has 0 radical (unpaired) electrons. The number of nitrogens with one attached hydrogen (secondary N) is 1. The first-order valence-corrected chi connectivity index (χ1v) is 9.18. The number of methoxy groups -OCH3 is 2. The lowest BCUT2D eigenvalue weighted by Crippen LogP contribution is -2.48. The van der Waals surface area contributed by atoms with Gasteiger partial charge in [0.25, 0.3) is 0 Å². The molecule has 2 N–H and O–H groups in total. The van der Waals surface area contributed by atoms with Crippen LogP contribution in [0, 0.1) is 0 Å². The molecule has 0 amide bonds. The van der Waals surface area contributed by atoms with E-state index in [-0.39, 0.29) is 16.5 Å². The second-order valence-electron chi connectivity index (χ2n) is 6.10. The van der Waals surface area contributed by atoms with Crippen molar-refractivity contribution < 1.29 is 19.4 Å². The van der Waals surface area contributed by atoms with E-state index in [1.807, 2.05) is 30.3 Å². The van der Waals surface area contributed by atoms with Crippen molar-refractivity contribution >= 4 is 40.6 Å². The smallest absolute Gasteiger partial charge is 0.337 e. The number of hydrogen-bond donors (Lipinski definition) is 2. The molecule has 0 saturated heterocycles. The van der Waals surface area contributed by atoms with Crippen LogP contribution in [-0.2, 0) is 9.53 Å². The summed E-state index contributed by atoms with van der Waals surface area (Å²) >= 11 is 11.7. The number of carbonyl (C=O) groups is 1. The van der Waals surface area contributed by atoms with Gasteiger partial charge in [-0.05, 0) is 49.0 Å². The molecule has 2 aromatic carbocycles. The average molecular weight is 419 g/mol. The van der Waals surface area contributed by atoms with Crippen LogP contribution in [0.4, 0.5) is 5.69 Å². The monoisotopic (exact) mass is 418 g/mol. The van der Waals surface area contributed by atoms with Gasteiger partial charge in [-0.15, -0.1) is 0 Å². The number of rotatable bonds is 4. The Labute approximate surface area is 173 Å². The van der Waals surface area contributed by atoms with Crippen molar-refractivity contribution in [3.63, 3.8) is 0 Å². The Kier molecular flexibility index (Phi) is 5.76. The molecule has 1 aliphatic heterocycles. The molecule has 28 heavy (non-hydrogen) atoms. The number of ether oxygens (including phenoxy) is 2. The molecule has 8 heteroatoms. The normalized spacial score (nSPS) is 16.6. The van der Waals surface area contributed by atoms with E-state index in [1.165, 1.54) is 14.2 Å². The van der Waals surface area contributed by atoms with E-state index in [0.717, 1.165) is 5.69 Å². The predicted molar refractivity (Wildman–Crippen MR) is 112 cm³/mol. The molecule has 0 saturated carbocycles. The van der Waals surface area contributed by atoms with Crippen molar-refractivity contribution in [3.05, 3.63) is 64.3 Å². The van der Waals surface area contributed by atoms with Gasteiger partial charge in [-0.3, -0.25) is 4.90 Å². The second-order valence-corrected chi connectivity index (χ2v) is 6.89. The van der Waals surface area contributed by atoms with E-state index < -0.39 is 12.0 Å². The molecule has 6 nitrogen and oxygen atoms in total. The van der Waals surface area contributed by atoms with Crippen molar-refractivity contribution in [1.82, 2.24) is 5.32 Å². The first kappa shape index (κ1) is 20.0. The number of aromatic hydroxyl groups is 1. The maximum Gasteiger partial charge on any atom is 0.337 e. The van der Waals surface area contributed by atoms with Gasteiger partial charge in [0.1, 0.15) is 0 Å². The van der Waals surface area contributed by atoms with Gasteiger partial charge >= 0.3 is 5.97 Å². The number of halogens is 1. The lowest BCUT2D eigenvalue weighted by molar-refractivity contribution is -0.136. The highest BCUT2D eigenvalue weighted by molar-refractivity contribution is 7.80. The van der Waals surface area contributed by atoms with Crippen LogP contribution in [0.5, 0.6) is 11.5 Å². The second kappa shape index (κ2) is 8.08. The molecule has 0 fully saturated rings. The molecule has 146 valence electrons. The minimum Gasteiger partial charge on any atom is -0.503 e. The van der Waals surface area contributed by atoms with Crippen LogP contribution in [0.25, 0.3) is 0 Å². The van der Waals surface area contributed by atoms with Crippen LogP contribution in [-0.4, -0.2) is 30.4 Å². The molecule has 1 aliphatic rings. The molecule has 1 heterocycles. The molecular weight excluding hydrogens is 400 g/mol. The van der Waals surface area contributed by atoms with Crippen molar-refractivity contribution in [2.45, 2.75) is 13.0 Å². The van der Waals surface area contributed by atoms with E-state index in [9.17, 15) is 9.90 Å². The third kappa shape index (κ3) is 3.50. The lowest BCUT2D eigenvalue weighted by Gasteiger charge is -2.37. The summed E-state index contributed by atoms with van der Waals surface area (Å²) in [6.07, 6.45) is 0. The molecule has 2 aromatic rings. The average Bonchev–Trinajstić information content (AvgIpc) is 2.69. The Morgan fingerprint density at radius 2 is 1.93 bits per heavy atom. The molecular formula is C20H19ClN2O4S. The van der Waals surface area contributed by atoms with Crippen molar-refractivity contribution in [1.29, 1.82) is 0 Å². The van der Waals surface area contributed by atoms with E-state index in [2.05, 4.69) is 5.32 Å². The highest BCUT2D eigenvalue weighted by Crippen LogP contribution is 2.40. The first-order chi connectivity index (χ1) is 13.4. The van der Waals surface area contributed by atoms with Crippen molar-refractivity contribution in [3.8, 4) is 11.5 Å². The minimum absolute atomic E-state index is 0.106. The van der Waals surface area contributed by atoms with Gasteiger partial charge < -0.3 is 19.9 Å². The number of benzene rings is 2. The predicted octanol–water partition coefficient (Wildman–Crippen LogP) is 3.94. The lowest BCUT2D eigenvalue weighted by atomic mass is 9.94. The van der Waals surface area contributed by atoms with Gasteiger partial charge in [0.05, 0.1) is 30.9 Å². The number of phenolic OH excluding ortho intramolecular Hbond substituents is 1. The Morgan fingerprint density at radius 3 is 2.54 bits per heavy atom. The summed E-state index contributed by atoms with van der Waals surface area (Å²) in [5.74, 6) is -0.471. The van der Waals surface area contributed by atoms with E-state index >= 15 is 0 Å². The number of hydrogen-bond acceptors (Lipinski definition) is 5. The van der Waals surface area contributed by atoms with E-state index in [4.69, 9.17) is 33.3 Å². The quantitative estimate of drug-likeness (QED) is 0.575. The number of phenols is 1. The molecule has 1 atom stereocenters. The fourth-order valence-corrected chi connectivity index (χ4v) is 3.75.